The zero-order valence-electron chi connectivity index (χ0n) is 18.5. The maximum absolute atomic E-state index is 13.2. The number of pyridine rings is 1. The molecular formula is C26H26FN5O. The smallest absolute Gasteiger partial charge is 0.267 e. The molecule has 3 heterocycles. The lowest BCUT2D eigenvalue weighted by molar-refractivity contribution is 0.0994. The third-order valence-electron chi connectivity index (χ3n) is 6.22. The van der Waals surface area contributed by atoms with Crippen LogP contribution in [0.4, 0.5) is 15.8 Å². The summed E-state index contributed by atoms with van der Waals surface area (Å²) in [7, 11) is 0. The predicted octanol–water partition coefficient (Wildman–Crippen LogP) is 3.80. The van der Waals surface area contributed by atoms with Gasteiger partial charge in [-0.25, -0.2) is 9.37 Å². The van der Waals surface area contributed by atoms with Crippen LogP contribution < -0.4 is 15.5 Å². The first kappa shape index (κ1) is 21.0. The summed E-state index contributed by atoms with van der Waals surface area (Å²) in [6, 6.07) is 19.0. The molecule has 1 aliphatic rings. The van der Waals surface area contributed by atoms with Crippen LogP contribution in [0.2, 0.25) is 0 Å². The summed E-state index contributed by atoms with van der Waals surface area (Å²) >= 11 is 0. The van der Waals surface area contributed by atoms with Crippen molar-refractivity contribution in [2.24, 2.45) is 5.73 Å². The zero-order valence-corrected chi connectivity index (χ0v) is 18.5. The van der Waals surface area contributed by atoms with Crippen LogP contribution in [0.3, 0.4) is 0 Å². The molecule has 5 rings (SSSR count). The van der Waals surface area contributed by atoms with Crippen LogP contribution in [0, 0.1) is 12.7 Å². The van der Waals surface area contributed by atoms with E-state index in [4.69, 9.17) is 5.73 Å². The average Bonchev–Trinajstić information content (AvgIpc) is 3.17. The summed E-state index contributed by atoms with van der Waals surface area (Å²) in [5.74, 6) is -0.682. The van der Waals surface area contributed by atoms with Gasteiger partial charge in [-0.3, -0.25) is 9.20 Å². The van der Waals surface area contributed by atoms with Crippen LogP contribution in [-0.4, -0.2) is 41.5 Å². The number of fused-ring (bicyclic) bond motifs is 1. The number of hydrogen-bond acceptors (Lipinski definition) is 4. The average molecular weight is 444 g/mol. The molecule has 0 bridgehead atoms. The van der Waals surface area contributed by atoms with E-state index < -0.39 is 5.91 Å². The van der Waals surface area contributed by atoms with Crippen LogP contribution in [-0.2, 0) is 6.42 Å². The maximum Gasteiger partial charge on any atom is 0.267 e. The molecule has 2 N–H and O–H groups in total. The molecule has 2 aromatic heterocycles. The number of carbonyl (C=O) groups is 1. The Morgan fingerprint density at radius 3 is 2.06 bits per heavy atom. The molecule has 168 valence electrons. The Morgan fingerprint density at radius 2 is 1.48 bits per heavy atom. The number of rotatable bonds is 5. The number of halogens is 1. The van der Waals surface area contributed by atoms with Gasteiger partial charge in [-0.1, -0.05) is 18.2 Å². The standard InChI is InChI=1S/C26H26FN5O/c1-18-2-11-24-29-23(25(26(28)33)32(24)17-18)16-19-3-7-21(8-4-19)30-12-14-31(15-13-30)22-9-5-20(27)6-10-22/h2-11,17H,12-16H2,1H3,(H2,28,33). The summed E-state index contributed by atoms with van der Waals surface area (Å²) in [4.78, 5) is 21.4. The number of amides is 1. The number of hydrogen-bond donors (Lipinski definition) is 1. The second-order valence-corrected chi connectivity index (χ2v) is 8.50. The first-order valence-electron chi connectivity index (χ1n) is 11.1. The van der Waals surface area contributed by atoms with Crippen LogP contribution >= 0.6 is 0 Å². The molecule has 1 saturated heterocycles. The van der Waals surface area contributed by atoms with Gasteiger partial charge >= 0.3 is 0 Å². The number of nitrogens with two attached hydrogens (primary N) is 1. The van der Waals surface area contributed by atoms with Gasteiger partial charge in [-0.05, 0) is 60.5 Å². The molecule has 0 aliphatic carbocycles. The highest BCUT2D eigenvalue weighted by atomic mass is 19.1. The van der Waals surface area contributed by atoms with E-state index in [-0.39, 0.29) is 5.82 Å². The van der Waals surface area contributed by atoms with Gasteiger partial charge in [0.2, 0.25) is 0 Å². The fourth-order valence-corrected chi connectivity index (χ4v) is 4.48. The number of piperazine rings is 1. The van der Waals surface area contributed by atoms with Gasteiger partial charge in [0, 0.05) is 50.2 Å². The van der Waals surface area contributed by atoms with E-state index in [1.54, 1.807) is 4.40 Å². The van der Waals surface area contributed by atoms with E-state index in [9.17, 15) is 9.18 Å². The summed E-state index contributed by atoms with van der Waals surface area (Å²) in [5, 5.41) is 0. The van der Waals surface area contributed by atoms with Gasteiger partial charge in [0.1, 0.15) is 17.2 Å². The fourth-order valence-electron chi connectivity index (χ4n) is 4.48. The number of benzene rings is 2. The minimum Gasteiger partial charge on any atom is -0.368 e. The lowest BCUT2D eigenvalue weighted by Gasteiger charge is -2.37. The molecule has 4 aromatic rings. The lowest BCUT2D eigenvalue weighted by atomic mass is 10.1. The number of imidazole rings is 1. The van der Waals surface area contributed by atoms with Gasteiger partial charge in [0.25, 0.3) is 5.91 Å². The number of aromatic nitrogens is 2. The largest absolute Gasteiger partial charge is 0.368 e. The Labute approximate surface area is 192 Å². The van der Waals surface area contributed by atoms with Gasteiger partial charge < -0.3 is 15.5 Å². The number of carbonyl (C=O) groups excluding carboxylic acids is 1. The van der Waals surface area contributed by atoms with E-state index in [1.165, 1.54) is 17.8 Å². The highest BCUT2D eigenvalue weighted by Crippen LogP contribution is 2.23. The third kappa shape index (κ3) is 4.26. The van der Waals surface area contributed by atoms with E-state index in [0.29, 0.717) is 17.8 Å². The predicted molar refractivity (Wildman–Crippen MR) is 129 cm³/mol. The Bertz CT molecular complexity index is 1290. The van der Waals surface area contributed by atoms with Crippen molar-refractivity contribution in [1.82, 2.24) is 9.38 Å². The topological polar surface area (TPSA) is 66.9 Å². The fraction of sp³-hybridized carbons (Fsp3) is 0.231. The van der Waals surface area contributed by atoms with Crippen molar-refractivity contribution in [2.75, 3.05) is 36.0 Å². The Morgan fingerprint density at radius 1 is 0.909 bits per heavy atom. The molecule has 2 aromatic carbocycles. The normalized spacial score (nSPS) is 14.1. The van der Waals surface area contributed by atoms with Crippen molar-refractivity contribution in [3.8, 4) is 0 Å². The first-order valence-corrected chi connectivity index (χ1v) is 11.1. The second kappa shape index (κ2) is 8.58. The van der Waals surface area contributed by atoms with Gasteiger partial charge in [0.05, 0.1) is 5.69 Å². The van der Waals surface area contributed by atoms with Crippen LogP contribution in [0.15, 0.2) is 66.9 Å². The molecule has 1 amide bonds. The van der Waals surface area contributed by atoms with E-state index in [2.05, 4.69) is 39.0 Å². The van der Waals surface area contributed by atoms with Crippen molar-refractivity contribution in [3.63, 3.8) is 0 Å². The summed E-state index contributed by atoms with van der Waals surface area (Å²) in [6.45, 7) is 5.54. The molecule has 1 aliphatic heterocycles. The van der Waals surface area contributed by atoms with Crippen molar-refractivity contribution in [1.29, 1.82) is 0 Å². The lowest BCUT2D eigenvalue weighted by Crippen LogP contribution is -2.46. The number of anilines is 2. The monoisotopic (exact) mass is 443 g/mol. The van der Waals surface area contributed by atoms with Gasteiger partial charge in [-0.15, -0.1) is 0 Å². The summed E-state index contributed by atoms with van der Waals surface area (Å²) in [5.41, 5.74) is 11.9. The van der Waals surface area contributed by atoms with Crippen molar-refractivity contribution < 1.29 is 9.18 Å². The number of nitrogens with zero attached hydrogens (tertiary/aromatic N) is 4. The highest BCUT2D eigenvalue weighted by molar-refractivity contribution is 5.93. The third-order valence-corrected chi connectivity index (χ3v) is 6.22. The quantitative estimate of drug-likeness (QED) is 0.510. The Hall–Kier alpha value is -3.87. The van der Waals surface area contributed by atoms with Crippen LogP contribution in [0.1, 0.15) is 27.3 Å². The first-order chi connectivity index (χ1) is 16.0. The van der Waals surface area contributed by atoms with Gasteiger partial charge in [-0.2, -0.15) is 0 Å². The van der Waals surface area contributed by atoms with E-state index in [1.807, 2.05) is 37.4 Å². The Balaban J connectivity index is 1.28. The molecule has 0 saturated carbocycles. The molecule has 6 nitrogen and oxygen atoms in total. The molecule has 7 heteroatoms. The minimum atomic E-state index is -0.473. The van der Waals surface area contributed by atoms with E-state index >= 15 is 0 Å². The van der Waals surface area contributed by atoms with Gasteiger partial charge in [0.15, 0.2) is 0 Å². The summed E-state index contributed by atoms with van der Waals surface area (Å²) < 4.78 is 15.0. The van der Waals surface area contributed by atoms with Crippen molar-refractivity contribution >= 4 is 22.9 Å². The van der Waals surface area contributed by atoms with Crippen LogP contribution in [0.5, 0.6) is 0 Å². The highest BCUT2D eigenvalue weighted by Gasteiger charge is 2.19. The maximum atomic E-state index is 13.2. The molecule has 0 atom stereocenters. The number of primary amides is 1. The van der Waals surface area contributed by atoms with Crippen molar-refractivity contribution in [2.45, 2.75) is 13.3 Å². The van der Waals surface area contributed by atoms with Crippen LogP contribution in [0.25, 0.3) is 5.65 Å². The zero-order chi connectivity index (χ0) is 22.9. The molecule has 1 fully saturated rings. The minimum absolute atomic E-state index is 0.209. The SMILES string of the molecule is Cc1ccc2nc(Cc3ccc(N4CCN(c5ccc(F)cc5)CC4)cc3)c(C(N)=O)n2c1. The second-order valence-electron chi connectivity index (χ2n) is 8.50. The molecule has 33 heavy (non-hydrogen) atoms. The molecular weight excluding hydrogens is 417 g/mol. The molecule has 0 unspecified atom stereocenters. The van der Waals surface area contributed by atoms with Crippen molar-refractivity contribution in [3.05, 3.63) is 95.2 Å². The summed E-state index contributed by atoms with van der Waals surface area (Å²) in [6.07, 6.45) is 2.43. The molecule has 0 radical (unpaired) electrons. The van der Waals surface area contributed by atoms with E-state index in [0.717, 1.165) is 48.6 Å². The number of aryl methyl sites for hydroxylation is 1. The Kier molecular flexibility index (Phi) is 5.46. The molecule has 0 spiro atoms.